The first-order chi connectivity index (χ1) is 4.75. The number of hydrogen-bond acceptors (Lipinski definition) is 1. The summed E-state index contributed by atoms with van der Waals surface area (Å²) in [6.07, 6.45) is 6.00. The predicted octanol–water partition coefficient (Wildman–Crippen LogP) is 2.13. The lowest BCUT2D eigenvalue weighted by Crippen LogP contribution is -2.01. The van der Waals surface area contributed by atoms with E-state index < -0.39 is 0 Å². The van der Waals surface area contributed by atoms with E-state index in [0.29, 0.717) is 0 Å². The van der Waals surface area contributed by atoms with Crippen LogP contribution in [0.5, 0.6) is 0 Å². The summed E-state index contributed by atoms with van der Waals surface area (Å²) in [5.41, 5.74) is 3.22. The Bertz CT molecular complexity index is 241. The van der Waals surface area contributed by atoms with E-state index in [0.717, 1.165) is 11.3 Å². The third-order valence-electron chi connectivity index (χ3n) is 1.63. The van der Waals surface area contributed by atoms with Gasteiger partial charge in [0.1, 0.15) is 0 Å². The van der Waals surface area contributed by atoms with Gasteiger partial charge in [0.25, 0.3) is 0 Å². The summed E-state index contributed by atoms with van der Waals surface area (Å²) in [6.45, 7) is 5.94. The normalized spacial score (nSPS) is 21.6. The Morgan fingerprint density at radius 2 is 2.20 bits per heavy atom. The summed E-state index contributed by atoms with van der Waals surface area (Å²) >= 11 is 0. The average Bonchev–Trinajstić information content (AvgIpc) is 1.95. The third-order valence-corrected chi connectivity index (χ3v) is 1.63. The summed E-state index contributed by atoms with van der Waals surface area (Å²) in [5, 5.41) is 0. The van der Waals surface area contributed by atoms with Crippen LogP contribution in [0.2, 0.25) is 0 Å². The lowest BCUT2D eigenvalue weighted by atomic mass is 10.00. The first-order valence-electron chi connectivity index (χ1n) is 3.27. The fraction of sp³-hybridized carbons (Fsp3) is 0.222. The average molecular weight is 133 g/mol. The van der Waals surface area contributed by atoms with E-state index in [2.05, 4.69) is 11.6 Å². The monoisotopic (exact) mass is 133 g/mol. The van der Waals surface area contributed by atoms with Gasteiger partial charge in [-0.2, -0.15) is 0 Å². The van der Waals surface area contributed by atoms with Crippen molar-refractivity contribution in [3.63, 3.8) is 0 Å². The fourth-order valence-electron chi connectivity index (χ4n) is 0.896. The number of aliphatic imine (C=N–C) groups is 1. The molecule has 0 saturated heterocycles. The number of rotatable bonds is 0. The fourth-order valence-corrected chi connectivity index (χ4v) is 0.896. The molecule has 0 heterocycles. The van der Waals surface area contributed by atoms with E-state index in [-0.39, 0.29) is 0 Å². The molecule has 0 spiro atoms. The maximum absolute atomic E-state index is 4.07. The molecule has 10 heavy (non-hydrogen) atoms. The molecule has 0 saturated carbocycles. The Hall–Kier alpha value is -1.11. The molecule has 0 unspecified atom stereocenters. The first-order valence-corrected chi connectivity index (χ1v) is 3.27. The zero-order valence-electron chi connectivity index (χ0n) is 6.39. The van der Waals surface area contributed by atoms with Gasteiger partial charge >= 0.3 is 0 Å². The number of allylic oxidation sites excluding steroid dienone is 5. The second-order valence-electron chi connectivity index (χ2n) is 2.30. The molecule has 0 aromatic heterocycles. The summed E-state index contributed by atoms with van der Waals surface area (Å²) in [5.74, 6) is 0. The quantitative estimate of drug-likeness (QED) is 0.480. The number of nitrogens with zero attached hydrogens (tertiary/aromatic N) is 1. The van der Waals surface area contributed by atoms with Crippen molar-refractivity contribution in [2.75, 3.05) is 7.05 Å². The van der Waals surface area contributed by atoms with E-state index >= 15 is 0 Å². The maximum Gasteiger partial charge on any atom is 0.0639 e. The van der Waals surface area contributed by atoms with Crippen LogP contribution in [0.25, 0.3) is 0 Å². The van der Waals surface area contributed by atoms with Crippen LogP contribution in [0, 0.1) is 0 Å². The zero-order valence-corrected chi connectivity index (χ0v) is 6.39. The molecule has 1 aliphatic rings. The second kappa shape index (κ2) is 2.65. The molecule has 1 rings (SSSR count). The van der Waals surface area contributed by atoms with Crippen LogP contribution in [0.15, 0.2) is 40.9 Å². The van der Waals surface area contributed by atoms with Gasteiger partial charge in [-0.05, 0) is 24.1 Å². The van der Waals surface area contributed by atoms with Gasteiger partial charge in [-0.3, -0.25) is 4.99 Å². The predicted molar refractivity (Wildman–Crippen MR) is 45.4 cm³/mol. The van der Waals surface area contributed by atoms with Gasteiger partial charge in [-0.1, -0.05) is 18.7 Å². The molecule has 52 valence electrons. The van der Waals surface area contributed by atoms with Crippen LogP contribution in [0.1, 0.15) is 6.92 Å². The van der Waals surface area contributed by atoms with Crippen molar-refractivity contribution in [1.82, 2.24) is 0 Å². The molecule has 0 N–H and O–H groups in total. The van der Waals surface area contributed by atoms with Crippen LogP contribution in [0.3, 0.4) is 0 Å². The van der Waals surface area contributed by atoms with Crippen molar-refractivity contribution in [3.8, 4) is 0 Å². The van der Waals surface area contributed by atoms with Crippen molar-refractivity contribution in [1.29, 1.82) is 0 Å². The maximum atomic E-state index is 4.07. The highest BCUT2D eigenvalue weighted by atomic mass is 14.7. The van der Waals surface area contributed by atoms with Crippen molar-refractivity contribution in [2.24, 2.45) is 4.99 Å². The smallest absolute Gasteiger partial charge is 0.0639 e. The van der Waals surface area contributed by atoms with E-state index in [1.165, 1.54) is 5.57 Å². The molecular weight excluding hydrogens is 122 g/mol. The molecule has 0 aliphatic heterocycles. The van der Waals surface area contributed by atoms with E-state index in [4.69, 9.17) is 0 Å². The van der Waals surface area contributed by atoms with Crippen molar-refractivity contribution >= 4 is 5.71 Å². The van der Waals surface area contributed by atoms with Gasteiger partial charge in [0.2, 0.25) is 0 Å². The summed E-state index contributed by atoms with van der Waals surface area (Å²) in [7, 11) is 1.78. The molecule has 1 heteroatoms. The highest BCUT2D eigenvalue weighted by molar-refractivity contribution is 6.12. The van der Waals surface area contributed by atoms with Crippen molar-refractivity contribution < 1.29 is 0 Å². The summed E-state index contributed by atoms with van der Waals surface area (Å²) < 4.78 is 0. The van der Waals surface area contributed by atoms with Crippen molar-refractivity contribution in [2.45, 2.75) is 6.92 Å². The molecule has 0 radical (unpaired) electrons. The van der Waals surface area contributed by atoms with Crippen molar-refractivity contribution in [3.05, 3.63) is 36.0 Å². The molecular formula is C9H11N. The standard InChI is InChI=1S/C9H11N/c1-7-5-4-6-9(10-3)8(7)2/h4-6H,2H2,1,3H3. The largest absolute Gasteiger partial charge is 0.288 e. The Kier molecular flexibility index (Phi) is 1.86. The van der Waals surface area contributed by atoms with Crippen LogP contribution < -0.4 is 0 Å². The van der Waals surface area contributed by atoms with Gasteiger partial charge in [-0.25, -0.2) is 0 Å². The van der Waals surface area contributed by atoms with Gasteiger partial charge in [-0.15, -0.1) is 0 Å². The highest BCUT2D eigenvalue weighted by Gasteiger charge is 2.04. The molecule has 0 atom stereocenters. The molecule has 0 aromatic rings. The SMILES string of the molecule is C=C1C(C)=CC=CC1=NC. The van der Waals surface area contributed by atoms with Gasteiger partial charge in [0, 0.05) is 7.05 Å². The van der Waals surface area contributed by atoms with E-state index in [1.807, 2.05) is 25.2 Å². The summed E-state index contributed by atoms with van der Waals surface area (Å²) in [6, 6.07) is 0. The van der Waals surface area contributed by atoms with E-state index in [9.17, 15) is 0 Å². The van der Waals surface area contributed by atoms with Crippen LogP contribution in [-0.4, -0.2) is 12.8 Å². The topological polar surface area (TPSA) is 12.4 Å². The Morgan fingerprint density at radius 1 is 1.50 bits per heavy atom. The summed E-state index contributed by atoms with van der Waals surface area (Å²) in [4.78, 5) is 4.07. The van der Waals surface area contributed by atoms with Gasteiger partial charge < -0.3 is 0 Å². The Balaban J connectivity index is 3.00. The molecule has 1 nitrogen and oxygen atoms in total. The molecule has 0 amide bonds. The molecule has 0 fully saturated rings. The minimum Gasteiger partial charge on any atom is -0.288 e. The third kappa shape index (κ3) is 1.08. The molecule has 0 bridgehead atoms. The lowest BCUT2D eigenvalue weighted by molar-refractivity contribution is 1.39. The Morgan fingerprint density at radius 3 is 2.70 bits per heavy atom. The first kappa shape index (κ1) is 7.00. The van der Waals surface area contributed by atoms with Crippen LogP contribution >= 0.6 is 0 Å². The Labute approximate surface area is 61.5 Å². The highest BCUT2D eigenvalue weighted by Crippen LogP contribution is 2.13. The minimum atomic E-state index is 0.986. The second-order valence-corrected chi connectivity index (χ2v) is 2.30. The minimum absolute atomic E-state index is 0.986. The zero-order chi connectivity index (χ0) is 7.56. The van der Waals surface area contributed by atoms with E-state index in [1.54, 1.807) is 7.05 Å². The van der Waals surface area contributed by atoms with Gasteiger partial charge in [0.05, 0.1) is 5.71 Å². The van der Waals surface area contributed by atoms with Crippen LogP contribution in [-0.2, 0) is 0 Å². The molecule has 0 aromatic carbocycles. The lowest BCUT2D eigenvalue weighted by Gasteiger charge is -2.08. The van der Waals surface area contributed by atoms with Gasteiger partial charge in [0.15, 0.2) is 0 Å². The van der Waals surface area contributed by atoms with Crippen LogP contribution in [0.4, 0.5) is 0 Å². The number of hydrogen-bond donors (Lipinski definition) is 0. The molecule has 1 aliphatic carbocycles.